The van der Waals surface area contributed by atoms with E-state index in [1.807, 2.05) is 31.1 Å². The topological polar surface area (TPSA) is 78.4 Å². The van der Waals surface area contributed by atoms with Gasteiger partial charge in [0.1, 0.15) is 12.5 Å². The molecule has 2 aromatic carbocycles. The number of likely N-dealkylation sites (N-methyl/N-ethyl adjacent to an activating group) is 1. The van der Waals surface area contributed by atoms with Crippen molar-refractivity contribution in [3.05, 3.63) is 74.9 Å². The first kappa shape index (κ1) is 24.8. The van der Waals surface area contributed by atoms with Crippen LogP contribution in [0.25, 0.3) is 6.08 Å². The van der Waals surface area contributed by atoms with Crippen LogP contribution in [0.5, 0.6) is 0 Å². The fourth-order valence-electron chi connectivity index (χ4n) is 1.77. The van der Waals surface area contributed by atoms with Crippen LogP contribution in [-0.4, -0.2) is 38.0 Å². The Hall–Kier alpha value is -2.15. The fourth-order valence-corrected chi connectivity index (χ4v) is 2.17. The average Bonchev–Trinajstić information content (AvgIpc) is 2.70. The Labute approximate surface area is 173 Å². The highest BCUT2D eigenvalue weighted by atomic mass is 79.9. The maximum absolute atomic E-state index is 11.6. The highest BCUT2D eigenvalue weighted by Gasteiger charge is 2.06. The normalized spacial score (nSPS) is 9.89. The van der Waals surface area contributed by atoms with Gasteiger partial charge in [0.2, 0.25) is 0 Å². The van der Waals surface area contributed by atoms with Crippen molar-refractivity contribution in [1.29, 1.82) is 0 Å². The molecule has 1 amide bonds. The third-order valence-corrected chi connectivity index (χ3v) is 3.88. The van der Waals surface area contributed by atoms with Gasteiger partial charge in [-0.3, -0.25) is 4.79 Å². The van der Waals surface area contributed by atoms with Crippen molar-refractivity contribution in [1.82, 2.24) is 10.6 Å². The lowest BCUT2D eigenvalue weighted by Gasteiger charge is -2.07. The van der Waals surface area contributed by atoms with Gasteiger partial charge in [-0.25, -0.2) is 0 Å². The van der Waals surface area contributed by atoms with Gasteiger partial charge in [0.25, 0.3) is 5.91 Å². The van der Waals surface area contributed by atoms with Crippen LogP contribution < -0.4 is 10.6 Å². The summed E-state index contributed by atoms with van der Waals surface area (Å²) >= 11 is 9.12. The summed E-state index contributed by atoms with van der Waals surface area (Å²) in [6.45, 7) is 4.23. The molecule has 0 saturated heterocycles. The number of hydrogen-bond donors (Lipinski definition) is 3. The van der Waals surface area contributed by atoms with Gasteiger partial charge in [0.05, 0.1) is 6.61 Å². The van der Waals surface area contributed by atoms with Crippen molar-refractivity contribution in [3.8, 4) is 0 Å². The van der Waals surface area contributed by atoms with Crippen molar-refractivity contribution >= 4 is 46.3 Å². The molecule has 0 aliphatic heterocycles. The summed E-state index contributed by atoms with van der Waals surface area (Å²) in [6.07, 6.45) is 1.71. The van der Waals surface area contributed by atoms with Crippen molar-refractivity contribution in [3.63, 3.8) is 0 Å². The van der Waals surface area contributed by atoms with Gasteiger partial charge in [-0.1, -0.05) is 57.4 Å². The molecule has 0 heterocycles. The lowest BCUT2D eigenvalue weighted by atomic mass is 10.2. The molecule has 2 rings (SSSR count). The Morgan fingerprint density at radius 1 is 1.15 bits per heavy atom. The lowest BCUT2D eigenvalue weighted by Crippen LogP contribution is -2.32. The van der Waals surface area contributed by atoms with Gasteiger partial charge in [0, 0.05) is 23.1 Å². The van der Waals surface area contributed by atoms with Crippen molar-refractivity contribution in [2.24, 2.45) is 0 Å². The molecule has 5 nitrogen and oxygen atoms in total. The Balaban J connectivity index is 0.000000562. The third-order valence-electron chi connectivity index (χ3n) is 3.10. The lowest BCUT2D eigenvalue weighted by molar-refractivity contribution is -0.117. The molecule has 0 aliphatic rings. The molecular formula is C20H24BrClN2O3. The number of amides is 1. The van der Waals surface area contributed by atoms with Gasteiger partial charge in [-0.2, -0.15) is 0 Å². The molecule has 0 unspecified atom stereocenters. The summed E-state index contributed by atoms with van der Waals surface area (Å²) < 4.78 is 1.14. The summed E-state index contributed by atoms with van der Waals surface area (Å²) in [4.78, 5) is 19.6. The maximum atomic E-state index is 11.6. The number of rotatable bonds is 5. The molecule has 0 aromatic heterocycles. The van der Waals surface area contributed by atoms with Crippen LogP contribution in [-0.2, 0) is 9.59 Å². The summed E-state index contributed by atoms with van der Waals surface area (Å²) in [5.74, 6) is -0.253. The van der Waals surface area contributed by atoms with Gasteiger partial charge in [-0.05, 0) is 42.8 Å². The molecule has 2 aromatic rings. The van der Waals surface area contributed by atoms with E-state index < -0.39 is 0 Å². The maximum Gasteiger partial charge on any atom is 0.267 e. The number of benzene rings is 2. The van der Waals surface area contributed by atoms with Crippen LogP contribution in [0.3, 0.4) is 0 Å². The number of nitrogens with one attached hydrogen (secondary N) is 2. The number of aliphatic hydroxyl groups is 1. The second-order valence-electron chi connectivity index (χ2n) is 5.13. The van der Waals surface area contributed by atoms with Crippen LogP contribution >= 0.6 is 27.5 Å². The second-order valence-corrected chi connectivity index (χ2v) is 6.49. The summed E-state index contributed by atoms with van der Waals surface area (Å²) in [7, 11) is 1.67. The summed E-state index contributed by atoms with van der Waals surface area (Å²) in [5.41, 5.74) is 2.60. The standard InChI is InChI=1S/C12H15ClN2O2.C7H7Br.CH2O/c1-14-11(12(17)15-6-7-16)8-9-2-4-10(13)5-3-9;1-6-2-4-7(8)5-3-6;1-2/h2-5,8,14,16H,6-7H2,1H3,(H,15,17);2-5H,1H3;1H2/b11-8-;;. The molecule has 0 spiro atoms. The fraction of sp³-hybridized carbons (Fsp3) is 0.200. The van der Waals surface area contributed by atoms with Crippen molar-refractivity contribution in [2.75, 3.05) is 20.2 Å². The van der Waals surface area contributed by atoms with E-state index in [1.54, 1.807) is 25.3 Å². The van der Waals surface area contributed by atoms with E-state index in [0.717, 1.165) is 10.0 Å². The molecule has 0 saturated carbocycles. The monoisotopic (exact) mass is 454 g/mol. The molecular weight excluding hydrogens is 432 g/mol. The smallest absolute Gasteiger partial charge is 0.267 e. The van der Waals surface area contributed by atoms with Crippen LogP contribution in [0.15, 0.2) is 58.7 Å². The van der Waals surface area contributed by atoms with E-state index in [1.165, 1.54) is 5.56 Å². The number of aliphatic hydroxyl groups excluding tert-OH is 1. The van der Waals surface area contributed by atoms with Crippen LogP contribution in [0, 0.1) is 6.92 Å². The average molecular weight is 456 g/mol. The Morgan fingerprint density at radius 3 is 2.15 bits per heavy atom. The van der Waals surface area contributed by atoms with Crippen molar-refractivity contribution < 1.29 is 14.7 Å². The zero-order valence-electron chi connectivity index (χ0n) is 15.3. The molecule has 0 aliphatic carbocycles. The van der Waals surface area contributed by atoms with Gasteiger partial charge in [0.15, 0.2) is 0 Å². The quantitative estimate of drug-likeness (QED) is 0.602. The van der Waals surface area contributed by atoms with Gasteiger partial charge < -0.3 is 20.5 Å². The minimum absolute atomic E-state index is 0.0797. The molecule has 146 valence electrons. The first-order chi connectivity index (χ1) is 13.0. The van der Waals surface area contributed by atoms with Crippen LogP contribution in [0.4, 0.5) is 0 Å². The first-order valence-corrected chi connectivity index (χ1v) is 9.18. The van der Waals surface area contributed by atoms with E-state index in [0.29, 0.717) is 10.7 Å². The molecule has 0 fully saturated rings. The van der Waals surface area contributed by atoms with E-state index in [4.69, 9.17) is 21.5 Å². The predicted octanol–water partition coefficient (Wildman–Crippen LogP) is 3.58. The highest BCUT2D eigenvalue weighted by Crippen LogP contribution is 2.12. The minimum atomic E-state index is -0.253. The minimum Gasteiger partial charge on any atom is -0.395 e. The zero-order chi connectivity index (χ0) is 20.7. The van der Waals surface area contributed by atoms with E-state index in [2.05, 4.69) is 45.6 Å². The summed E-state index contributed by atoms with van der Waals surface area (Å²) in [5, 5.41) is 14.6. The van der Waals surface area contributed by atoms with E-state index >= 15 is 0 Å². The Morgan fingerprint density at radius 2 is 1.70 bits per heavy atom. The molecule has 0 radical (unpaired) electrons. The highest BCUT2D eigenvalue weighted by molar-refractivity contribution is 9.10. The van der Waals surface area contributed by atoms with Gasteiger partial charge in [-0.15, -0.1) is 0 Å². The zero-order valence-corrected chi connectivity index (χ0v) is 17.7. The van der Waals surface area contributed by atoms with Crippen LogP contribution in [0.2, 0.25) is 5.02 Å². The third kappa shape index (κ3) is 11.2. The largest absolute Gasteiger partial charge is 0.395 e. The number of aryl methyl sites for hydroxylation is 1. The number of carbonyl (C=O) groups is 2. The predicted molar refractivity (Wildman–Crippen MR) is 115 cm³/mol. The number of hydrogen-bond acceptors (Lipinski definition) is 4. The van der Waals surface area contributed by atoms with Gasteiger partial charge >= 0.3 is 0 Å². The Kier molecular flexibility index (Phi) is 13.8. The first-order valence-electron chi connectivity index (χ1n) is 8.01. The van der Waals surface area contributed by atoms with Crippen molar-refractivity contribution in [2.45, 2.75) is 6.92 Å². The molecule has 27 heavy (non-hydrogen) atoms. The number of carbonyl (C=O) groups excluding carboxylic acids is 2. The van der Waals surface area contributed by atoms with E-state index in [9.17, 15) is 4.79 Å². The Bertz CT molecular complexity index is 683. The second kappa shape index (κ2) is 15.0. The number of halogens is 2. The molecule has 7 heteroatoms. The van der Waals surface area contributed by atoms with E-state index in [-0.39, 0.29) is 19.1 Å². The molecule has 0 bridgehead atoms. The van der Waals surface area contributed by atoms with Crippen LogP contribution in [0.1, 0.15) is 11.1 Å². The molecule has 3 N–H and O–H groups in total. The summed E-state index contributed by atoms with van der Waals surface area (Å²) in [6, 6.07) is 15.4. The molecule has 0 atom stereocenters. The SMILES string of the molecule is C=O.CN/C(=C\c1ccc(Cl)cc1)C(=O)NCCO.Cc1ccc(Br)cc1.